The van der Waals surface area contributed by atoms with Gasteiger partial charge in [0.25, 0.3) is 5.91 Å². The van der Waals surface area contributed by atoms with Crippen LogP contribution in [0.2, 0.25) is 0 Å². The second-order valence-corrected chi connectivity index (χ2v) is 6.37. The minimum Gasteiger partial charge on any atom is -0.466 e. The first-order chi connectivity index (χ1) is 13.5. The van der Waals surface area contributed by atoms with Crippen molar-refractivity contribution < 1.29 is 18.3 Å². The highest BCUT2D eigenvalue weighted by molar-refractivity contribution is 9.10. The number of carbonyl (C=O) groups is 1. The van der Waals surface area contributed by atoms with Crippen LogP contribution in [0.3, 0.4) is 0 Å². The molecule has 0 saturated carbocycles. The summed E-state index contributed by atoms with van der Waals surface area (Å²) in [5.41, 5.74) is 1.04. The molecule has 3 rings (SSSR count). The fourth-order valence-corrected chi connectivity index (χ4v) is 3.00. The van der Waals surface area contributed by atoms with Crippen molar-refractivity contribution in [1.29, 1.82) is 0 Å². The molecule has 1 aromatic carbocycles. The first-order valence-corrected chi connectivity index (χ1v) is 8.96. The molecule has 1 N–H and O–H groups in total. The SMILES string of the molecule is C=CCNC(=O)COc1nn(-c2ccccc2F)c(-c2ccc(F)nc2)c1Br. The van der Waals surface area contributed by atoms with Gasteiger partial charge in [-0.25, -0.2) is 14.1 Å². The molecule has 1 amide bonds. The molecule has 0 atom stereocenters. The van der Waals surface area contributed by atoms with Crippen LogP contribution in [-0.4, -0.2) is 33.8 Å². The molecule has 28 heavy (non-hydrogen) atoms. The lowest BCUT2D eigenvalue weighted by Crippen LogP contribution is -2.28. The number of pyridine rings is 1. The summed E-state index contributed by atoms with van der Waals surface area (Å²) >= 11 is 3.38. The van der Waals surface area contributed by atoms with Gasteiger partial charge in [0.2, 0.25) is 11.8 Å². The van der Waals surface area contributed by atoms with E-state index >= 15 is 0 Å². The number of nitrogens with zero attached hydrogens (tertiary/aromatic N) is 3. The largest absolute Gasteiger partial charge is 0.466 e. The van der Waals surface area contributed by atoms with Crippen molar-refractivity contribution in [3.63, 3.8) is 0 Å². The Bertz CT molecular complexity index is 1010. The maximum Gasteiger partial charge on any atom is 0.258 e. The minimum absolute atomic E-state index is 0.0799. The van der Waals surface area contributed by atoms with E-state index in [9.17, 15) is 13.6 Å². The molecule has 0 spiro atoms. The van der Waals surface area contributed by atoms with Crippen molar-refractivity contribution in [1.82, 2.24) is 20.1 Å². The van der Waals surface area contributed by atoms with Crippen molar-refractivity contribution >= 4 is 21.8 Å². The highest BCUT2D eigenvalue weighted by atomic mass is 79.9. The molecule has 0 aliphatic rings. The monoisotopic (exact) mass is 448 g/mol. The number of nitrogens with one attached hydrogen (secondary N) is 1. The summed E-state index contributed by atoms with van der Waals surface area (Å²) in [5, 5.41) is 6.86. The Morgan fingerprint density at radius 1 is 1.29 bits per heavy atom. The Labute approximate surface area is 168 Å². The smallest absolute Gasteiger partial charge is 0.258 e. The molecule has 0 aliphatic heterocycles. The van der Waals surface area contributed by atoms with Crippen LogP contribution in [0.25, 0.3) is 16.9 Å². The standard InChI is InChI=1S/C19H15BrF2N4O2/c1-2-9-23-16(27)11-28-19-17(20)18(12-7-8-15(22)24-10-12)26(25-19)14-6-4-3-5-13(14)21/h2-8,10H,1,9,11H2,(H,23,27). The van der Waals surface area contributed by atoms with E-state index in [0.29, 0.717) is 22.3 Å². The van der Waals surface area contributed by atoms with Crippen molar-refractivity contribution in [3.05, 3.63) is 71.5 Å². The van der Waals surface area contributed by atoms with Gasteiger partial charge in [0.15, 0.2) is 6.61 Å². The summed E-state index contributed by atoms with van der Waals surface area (Å²) in [6.07, 6.45) is 2.84. The Morgan fingerprint density at radius 2 is 2.07 bits per heavy atom. The van der Waals surface area contributed by atoms with E-state index in [1.54, 1.807) is 18.2 Å². The van der Waals surface area contributed by atoms with Gasteiger partial charge >= 0.3 is 0 Å². The van der Waals surface area contributed by atoms with E-state index in [-0.39, 0.29) is 24.1 Å². The molecule has 144 valence electrons. The molecular formula is C19H15BrF2N4O2. The lowest BCUT2D eigenvalue weighted by atomic mass is 10.2. The van der Waals surface area contributed by atoms with Crippen LogP contribution in [0.15, 0.2) is 59.7 Å². The predicted octanol–water partition coefficient (Wildman–Crippen LogP) is 3.66. The average molecular weight is 449 g/mol. The molecule has 2 aromatic heterocycles. The van der Waals surface area contributed by atoms with Crippen LogP contribution in [0, 0.1) is 11.8 Å². The van der Waals surface area contributed by atoms with E-state index in [1.807, 2.05) is 0 Å². The van der Waals surface area contributed by atoms with Crippen LogP contribution in [0.1, 0.15) is 0 Å². The summed E-state index contributed by atoms with van der Waals surface area (Å²) in [4.78, 5) is 15.4. The van der Waals surface area contributed by atoms with E-state index in [4.69, 9.17) is 4.74 Å². The number of hydrogen-bond acceptors (Lipinski definition) is 4. The summed E-state index contributed by atoms with van der Waals surface area (Å²) in [6.45, 7) is 3.53. The summed E-state index contributed by atoms with van der Waals surface area (Å²) < 4.78 is 34.8. The van der Waals surface area contributed by atoms with Crippen molar-refractivity contribution in [3.8, 4) is 22.8 Å². The van der Waals surface area contributed by atoms with Crippen LogP contribution in [0.5, 0.6) is 5.88 Å². The van der Waals surface area contributed by atoms with Gasteiger partial charge in [-0.2, -0.15) is 4.39 Å². The van der Waals surface area contributed by atoms with Crippen molar-refractivity contribution in [2.24, 2.45) is 0 Å². The Balaban J connectivity index is 2.02. The predicted molar refractivity (Wildman–Crippen MR) is 103 cm³/mol. The van der Waals surface area contributed by atoms with Gasteiger partial charge < -0.3 is 10.1 Å². The highest BCUT2D eigenvalue weighted by Crippen LogP contribution is 2.37. The molecule has 2 heterocycles. The van der Waals surface area contributed by atoms with Crippen LogP contribution >= 0.6 is 15.9 Å². The van der Waals surface area contributed by atoms with E-state index in [2.05, 4.69) is 37.9 Å². The van der Waals surface area contributed by atoms with E-state index in [1.165, 1.54) is 35.1 Å². The number of para-hydroxylation sites is 1. The van der Waals surface area contributed by atoms with Crippen LogP contribution < -0.4 is 10.1 Å². The first kappa shape index (κ1) is 19.7. The lowest BCUT2D eigenvalue weighted by Gasteiger charge is -2.08. The van der Waals surface area contributed by atoms with Gasteiger partial charge in [-0.3, -0.25) is 4.79 Å². The third kappa shape index (κ3) is 4.25. The van der Waals surface area contributed by atoms with Gasteiger partial charge in [0, 0.05) is 18.3 Å². The number of hydrogen-bond donors (Lipinski definition) is 1. The minimum atomic E-state index is -0.646. The third-order valence-corrected chi connectivity index (χ3v) is 4.38. The first-order valence-electron chi connectivity index (χ1n) is 8.17. The quantitative estimate of drug-likeness (QED) is 0.442. The molecule has 6 nitrogen and oxygen atoms in total. The molecule has 0 aliphatic carbocycles. The molecule has 0 fully saturated rings. The number of ether oxygens (including phenoxy) is 1. The summed E-state index contributed by atoms with van der Waals surface area (Å²) in [6, 6.07) is 8.71. The second-order valence-electron chi connectivity index (χ2n) is 5.58. The molecule has 0 saturated heterocycles. The van der Waals surface area contributed by atoms with Crippen LogP contribution in [-0.2, 0) is 4.79 Å². The zero-order valence-corrected chi connectivity index (χ0v) is 16.1. The molecule has 0 radical (unpaired) electrons. The number of carbonyl (C=O) groups excluding carboxylic acids is 1. The number of aromatic nitrogens is 3. The zero-order valence-electron chi connectivity index (χ0n) is 14.5. The third-order valence-electron chi connectivity index (χ3n) is 3.66. The maximum atomic E-state index is 14.4. The maximum absolute atomic E-state index is 14.4. The van der Waals surface area contributed by atoms with Gasteiger partial charge in [0.05, 0.1) is 5.69 Å². The molecular weight excluding hydrogens is 434 g/mol. The molecule has 0 bridgehead atoms. The average Bonchev–Trinajstić information content (AvgIpc) is 3.02. The fourth-order valence-electron chi connectivity index (χ4n) is 2.40. The zero-order chi connectivity index (χ0) is 20.1. The number of amides is 1. The number of rotatable bonds is 7. The second kappa shape index (κ2) is 8.75. The Kier molecular flexibility index (Phi) is 6.15. The molecule has 3 aromatic rings. The summed E-state index contributed by atoms with van der Waals surface area (Å²) in [5.74, 6) is -1.44. The highest BCUT2D eigenvalue weighted by Gasteiger charge is 2.22. The summed E-state index contributed by atoms with van der Waals surface area (Å²) in [7, 11) is 0. The van der Waals surface area contributed by atoms with Crippen molar-refractivity contribution in [2.45, 2.75) is 0 Å². The normalized spacial score (nSPS) is 10.5. The van der Waals surface area contributed by atoms with Gasteiger partial charge in [-0.05, 0) is 40.2 Å². The van der Waals surface area contributed by atoms with Gasteiger partial charge in [-0.15, -0.1) is 11.7 Å². The Morgan fingerprint density at radius 3 is 2.75 bits per heavy atom. The fraction of sp³-hybridized carbons (Fsp3) is 0.105. The van der Waals surface area contributed by atoms with Gasteiger partial charge in [0.1, 0.15) is 16.0 Å². The van der Waals surface area contributed by atoms with E-state index in [0.717, 1.165) is 0 Å². The molecule has 0 unspecified atom stereocenters. The van der Waals surface area contributed by atoms with Crippen LogP contribution in [0.4, 0.5) is 8.78 Å². The topological polar surface area (TPSA) is 69.0 Å². The molecule has 9 heteroatoms. The number of halogens is 3. The Hall–Kier alpha value is -3.07. The van der Waals surface area contributed by atoms with E-state index < -0.39 is 11.8 Å². The lowest BCUT2D eigenvalue weighted by molar-refractivity contribution is -0.122. The number of benzene rings is 1. The van der Waals surface area contributed by atoms with Crippen molar-refractivity contribution in [2.75, 3.05) is 13.2 Å². The van der Waals surface area contributed by atoms with Gasteiger partial charge in [-0.1, -0.05) is 18.2 Å².